The van der Waals surface area contributed by atoms with Gasteiger partial charge in [0, 0.05) is 25.4 Å². The Hall–Kier alpha value is -2.64. The molecule has 0 spiro atoms. The number of aromatic nitrogens is 6. The van der Waals surface area contributed by atoms with Crippen LogP contribution < -0.4 is 9.64 Å². The van der Waals surface area contributed by atoms with Crippen LogP contribution in [0.2, 0.25) is 0 Å². The monoisotopic (exact) mass is 327 g/mol. The maximum atomic E-state index is 5.62. The van der Waals surface area contributed by atoms with E-state index in [2.05, 4.69) is 31.1 Å². The van der Waals surface area contributed by atoms with E-state index in [1.165, 1.54) is 0 Å². The first-order valence-corrected chi connectivity index (χ1v) is 8.11. The third-order valence-electron chi connectivity index (χ3n) is 4.65. The second-order valence-electron chi connectivity index (χ2n) is 6.21. The average molecular weight is 327 g/mol. The van der Waals surface area contributed by atoms with Gasteiger partial charge in [-0.25, -0.2) is 9.67 Å². The van der Waals surface area contributed by atoms with Crippen LogP contribution in [0.4, 0.5) is 5.82 Å². The molecule has 3 aromatic heterocycles. The Morgan fingerprint density at radius 3 is 2.92 bits per heavy atom. The largest absolute Gasteiger partial charge is 0.481 e. The molecule has 1 saturated heterocycles. The molecule has 4 heterocycles. The van der Waals surface area contributed by atoms with Crippen LogP contribution in [-0.4, -0.2) is 43.0 Å². The molecule has 0 aromatic carbocycles. The second kappa shape index (κ2) is 5.47. The van der Waals surface area contributed by atoms with E-state index in [9.17, 15) is 0 Å². The summed E-state index contributed by atoms with van der Waals surface area (Å²) in [5.74, 6) is 2.47. The number of hydrogen-bond acceptors (Lipinski definition) is 6. The van der Waals surface area contributed by atoms with Crippen molar-refractivity contribution in [2.75, 3.05) is 18.6 Å². The molecule has 0 radical (unpaired) electrons. The van der Waals surface area contributed by atoms with Crippen LogP contribution in [0.1, 0.15) is 35.8 Å². The number of nitrogens with zero attached hydrogens (tertiary/aromatic N) is 7. The van der Waals surface area contributed by atoms with Crippen LogP contribution in [0, 0.1) is 13.8 Å². The number of rotatable bonds is 3. The molecule has 1 aliphatic rings. The van der Waals surface area contributed by atoms with Gasteiger partial charge in [0.2, 0.25) is 5.88 Å². The molecular weight excluding hydrogens is 306 g/mol. The number of hydrogen-bond donors (Lipinski definition) is 0. The Kier molecular flexibility index (Phi) is 3.40. The summed E-state index contributed by atoms with van der Waals surface area (Å²) in [5, 5.41) is 8.89. The minimum absolute atomic E-state index is 0.211. The Bertz CT molecular complexity index is 897. The molecule has 1 fully saturated rings. The molecule has 0 unspecified atom stereocenters. The first-order valence-electron chi connectivity index (χ1n) is 8.11. The number of fused-ring (bicyclic) bond motifs is 1. The van der Waals surface area contributed by atoms with Crippen molar-refractivity contribution in [3.8, 4) is 5.88 Å². The summed E-state index contributed by atoms with van der Waals surface area (Å²) < 4.78 is 9.24. The average Bonchev–Trinajstić information content (AvgIpc) is 3.24. The first kappa shape index (κ1) is 14.9. The smallest absolute Gasteiger partial charge is 0.254 e. The minimum atomic E-state index is 0.211. The summed E-state index contributed by atoms with van der Waals surface area (Å²) in [6.45, 7) is 4.98. The fourth-order valence-corrected chi connectivity index (χ4v) is 3.74. The zero-order chi connectivity index (χ0) is 16.8. The van der Waals surface area contributed by atoms with Gasteiger partial charge in [-0.3, -0.25) is 0 Å². The highest BCUT2D eigenvalue weighted by atomic mass is 16.5. The molecule has 1 aliphatic heterocycles. The topological polar surface area (TPSA) is 73.4 Å². The van der Waals surface area contributed by atoms with Crippen molar-refractivity contribution < 1.29 is 4.74 Å². The van der Waals surface area contributed by atoms with Crippen LogP contribution >= 0.6 is 0 Å². The summed E-state index contributed by atoms with van der Waals surface area (Å²) in [6, 6.07) is 2.28. The van der Waals surface area contributed by atoms with Gasteiger partial charge in [-0.05, 0) is 26.7 Å². The molecule has 3 aromatic rings. The predicted octanol–water partition coefficient (Wildman–Crippen LogP) is 1.82. The van der Waals surface area contributed by atoms with Crippen molar-refractivity contribution >= 4 is 11.6 Å². The zero-order valence-corrected chi connectivity index (χ0v) is 14.4. The van der Waals surface area contributed by atoms with Crippen LogP contribution in [0.15, 0.2) is 12.4 Å². The van der Waals surface area contributed by atoms with Gasteiger partial charge in [-0.1, -0.05) is 0 Å². The van der Waals surface area contributed by atoms with Crippen LogP contribution in [-0.2, 0) is 7.05 Å². The summed E-state index contributed by atoms with van der Waals surface area (Å²) in [7, 11) is 3.62. The van der Waals surface area contributed by atoms with E-state index in [-0.39, 0.29) is 6.04 Å². The molecule has 0 bridgehead atoms. The molecule has 4 rings (SSSR count). The van der Waals surface area contributed by atoms with E-state index in [0.717, 1.165) is 48.0 Å². The molecule has 1 atom stereocenters. The predicted molar refractivity (Wildman–Crippen MR) is 89.3 cm³/mol. The van der Waals surface area contributed by atoms with Crippen molar-refractivity contribution in [3.63, 3.8) is 0 Å². The quantitative estimate of drug-likeness (QED) is 0.731. The summed E-state index contributed by atoms with van der Waals surface area (Å²) in [6.07, 6.45) is 3.71. The molecule has 0 aliphatic carbocycles. The number of methoxy groups -OCH3 is 1. The number of ether oxygens (including phenoxy) is 1. The van der Waals surface area contributed by atoms with Crippen LogP contribution in [0.3, 0.4) is 0 Å². The fourth-order valence-electron chi connectivity index (χ4n) is 3.74. The molecule has 126 valence electrons. The molecule has 0 saturated carbocycles. The standard InChI is InChI=1S/C16H21N7O/c1-10-8-13(23-16(19-10)17-9-18-23)22-7-5-6-12(22)14-11(2)20-21(3)15(14)24-4/h8-9,12H,5-7H2,1-4H3/t12-/m1/s1. The number of aryl methyl sites for hydroxylation is 3. The highest BCUT2D eigenvalue weighted by molar-refractivity contribution is 5.52. The molecule has 8 nitrogen and oxygen atoms in total. The lowest BCUT2D eigenvalue weighted by molar-refractivity contribution is 0.366. The van der Waals surface area contributed by atoms with Gasteiger partial charge in [-0.15, -0.1) is 0 Å². The maximum absolute atomic E-state index is 5.62. The minimum Gasteiger partial charge on any atom is -0.481 e. The molecule has 0 amide bonds. The van der Waals surface area contributed by atoms with Crippen molar-refractivity contribution in [3.05, 3.63) is 29.3 Å². The summed E-state index contributed by atoms with van der Waals surface area (Å²) >= 11 is 0. The number of anilines is 1. The van der Waals surface area contributed by atoms with E-state index in [1.54, 1.807) is 13.4 Å². The lowest BCUT2D eigenvalue weighted by Crippen LogP contribution is -2.26. The van der Waals surface area contributed by atoms with E-state index >= 15 is 0 Å². The third kappa shape index (κ3) is 2.13. The van der Waals surface area contributed by atoms with Gasteiger partial charge in [0.25, 0.3) is 5.78 Å². The molecule has 8 heteroatoms. The third-order valence-corrected chi connectivity index (χ3v) is 4.65. The highest BCUT2D eigenvalue weighted by Gasteiger charge is 2.33. The van der Waals surface area contributed by atoms with Gasteiger partial charge in [-0.2, -0.15) is 19.7 Å². The SMILES string of the molecule is COc1c([C@H]2CCCN2c2cc(C)nc3ncnn23)c(C)nn1C. The van der Waals surface area contributed by atoms with Gasteiger partial charge in [0.15, 0.2) is 0 Å². The van der Waals surface area contributed by atoms with Gasteiger partial charge in [0.1, 0.15) is 12.1 Å². The molecule has 0 N–H and O–H groups in total. The summed E-state index contributed by atoms with van der Waals surface area (Å²) in [4.78, 5) is 11.0. The zero-order valence-electron chi connectivity index (χ0n) is 14.4. The van der Waals surface area contributed by atoms with Crippen molar-refractivity contribution in [1.82, 2.24) is 29.4 Å². The Morgan fingerprint density at radius 1 is 1.29 bits per heavy atom. The first-order chi connectivity index (χ1) is 11.6. The molecular formula is C16H21N7O. The van der Waals surface area contributed by atoms with Crippen LogP contribution in [0.25, 0.3) is 5.78 Å². The normalized spacial score (nSPS) is 17.8. The highest BCUT2D eigenvalue weighted by Crippen LogP contribution is 2.41. The van der Waals surface area contributed by atoms with E-state index in [0.29, 0.717) is 5.78 Å². The lowest BCUT2D eigenvalue weighted by atomic mass is 10.0. The maximum Gasteiger partial charge on any atom is 0.254 e. The van der Waals surface area contributed by atoms with Gasteiger partial charge in [0.05, 0.1) is 24.4 Å². The van der Waals surface area contributed by atoms with E-state index in [1.807, 2.05) is 30.1 Å². The van der Waals surface area contributed by atoms with E-state index < -0.39 is 0 Å². The van der Waals surface area contributed by atoms with Gasteiger partial charge >= 0.3 is 0 Å². The van der Waals surface area contributed by atoms with Crippen molar-refractivity contribution in [2.24, 2.45) is 7.05 Å². The van der Waals surface area contributed by atoms with E-state index in [4.69, 9.17) is 4.74 Å². The second-order valence-corrected chi connectivity index (χ2v) is 6.21. The van der Waals surface area contributed by atoms with Crippen LogP contribution in [0.5, 0.6) is 5.88 Å². The summed E-state index contributed by atoms with van der Waals surface area (Å²) in [5.41, 5.74) is 3.10. The fraction of sp³-hybridized carbons (Fsp3) is 0.500. The van der Waals surface area contributed by atoms with Crippen molar-refractivity contribution in [1.29, 1.82) is 0 Å². The molecule has 24 heavy (non-hydrogen) atoms. The van der Waals surface area contributed by atoms with Crippen molar-refractivity contribution in [2.45, 2.75) is 32.7 Å². The Labute approximate surface area is 140 Å². The Morgan fingerprint density at radius 2 is 2.12 bits per heavy atom. The lowest BCUT2D eigenvalue weighted by Gasteiger charge is -2.27. The Balaban J connectivity index is 1.85. The van der Waals surface area contributed by atoms with Gasteiger partial charge < -0.3 is 9.64 Å².